The summed E-state index contributed by atoms with van der Waals surface area (Å²) in [5.41, 5.74) is 3.90. The van der Waals surface area contributed by atoms with Crippen molar-refractivity contribution in [2.24, 2.45) is 0 Å². The van der Waals surface area contributed by atoms with Gasteiger partial charge in [0.25, 0.3) is 0 Å². The zero-order chi connectivity index (χ0) is 14.8. The molecule has 21 heavy (non-hydrogen) atoms. The molecule has 0 fully saturated rings. The maximum atomic E-state index is 3.86. The van der Waals surface area contributed by atoms with Gasteiger partial charge in [-0.1, -0.05) is 55.1 Å². The van der Waals surface area contributed by atoms with E-state index in [-0.39, 0.29) is 0 Å². The molecule has 0 unspecified atom stereocenters. The Balaban J connectivity index is 2.50. The van der Waals surface area contributed by atoms with Gasteiger partial charge in [0.15, 0.2) is 0 Å². The number of aryl methyl sites for hydroxylation is 1. The highest BCUT2D eigenvalue weighted by Gasteiger charge is 2.13. The molecule has 0 aliphatic carbocycles. The van der Waals surface area contributed by atoms with Crippen molar-refractivity contribution in [1.82, 2.24) is 0 Å². The van der Waals surface area contributed by atoms with E-state index >= 15 is 0 Å². The standard InChI is InChI=1S/C20H18S/c1-4-8-15(9-5-2)19-14(3)16-10-6-7-11-17(16)18-12-13-21-20(18)19/h4-13H,1H2,2-3H3/b9-5-,15-8+. The van der Waals surface area contributed by atoms with Crippen LogP contribution in [0.4, 0.5) is 0 Å². The monoisotopic (exact) mass is 290 g/mol. The molecule has 0 bridgehead atoms. The van der Waals surface area contributed by atoms with E-state index in [1.54, 1.807) is 0 Å². The topological polar surface area (TPSA) is 0 Å². The molecule has 1 heteroatoms. The van der Waals surface area contributed by atoms with Gasteiger partial charge in [0.2, 0.25) is 0 Å². The molecular weight excluding hydrogens is 272 g/mol. The van der Waals surface area contributed by atoms with Crippen LogP contribution in [0.15, 0.2) is 66.6 Å². The van der Waals surface area contributed by atoms with Crippen LogP contribution < -0.4 is 0 Å². The van der Waals surface area contributed by atoms with Crippen molar-refractivity contribution in [3.8, 4) is 0 Å². The smallest absolute Gasteiger partial charge is 0.0430 e. The molecule has 3 rings (SSSR count). The van der Waals surface area contributed by atoms with E-state index in [9.17, 15) is 0 Å². The SMILES string of the molecule is C=C/C=C(\C=C/C)c1c(C)c2ccccc2c2ccsc12. The normalized spacial score (nSPS) is 12.6. The Labute approximate surface area is 129 Å². The van der Waals surface area contributed by atoms with Gasteiger partial charge in [-0.05, 0) is 47.2 Å². The molecule has 0 spiro atoms. The lowest BCUT2D eigenvalue weighted by Crippen LogP contribution is -1.90. The van der Waals surface area contributed by atoms with E-state index < -0.39 is 0 Å². The van der Waals surface area contributed by atoms with Crippen molar-refractivity contribution in [2.45, 2.75) is 13.8 Å². The second-order valence-electron chi connectivity index (χ2n) is 5.07. The summed E-state index contributed by atoms with van der Waals surface area (Å²) in [7, 11) is 0. The highest BCUT2D eigenvalue weighted by molar-refractivity contribution is 7.17. The number of rotatable bonds is 3. The van der Waals surface area contributed by atoms with Gasteiger partial charge < -0.3 is 0 Å². The predicted octanol–water partition coefficient (Wildman–Crippen LogP) is 6.51. The number of benzene rings is 2. The van der Waals surface area contributed by atoms with Gasteiger partial charge >= 0.3 is 0 Å². The van der Waals surface area contributed by atoms with Crippen molar-refractivity contribution in [1.29, 1.82) is 0 Å². The lowest BCUT2D eigenvalue weighted by atomic mass is 9.92. The largest absolute Gasteiger partial charge is 0.143 e. The molecule has 0 N–H and O–H groups in total. The van der Waals surface area contributed by atoms with Gasteiger partial charge in [0.1, 0.15) is 0 Å². The van der Waals surface area contributed by atoms with Crippen molar-refractivity contribution in [3.63, 3.8) is 0 Å². The van der Waals surface area contributed by atoms with Gasteiger partial charge in [-0.2, -0.15) is 0 Å². The van der Waals surface area contributed by atoms with Crippen LogP contribution in [0.5, 0.6) is 0 Å². The molecule has 0 saturated heterocycles. The van der Waals surface area contributed by atoms with E-state index in [0.29, 0.717) is 0 Å². The van der Waals surface area contributed by atoms with E-state index in [2.05, 4.69) is 74.4 Å². The Morgan fingerprint density at radius 3 is 2.57 bits per heavy atom. The van der Waals surface area contributed by atoms with E-state index in [0.717, 1.165) is 0 Å². The molecule has 1 aromatic heterocycles. The van der Waals surface area contributed by atoms with Crippen LogP contribution in [0.1, 0.15) is 18.1 Å². The first-order valence-corrected chi connectivity index (χ1v) is 8.00. The molecular formula is C20H18S. The molecule has 0 amide bonds. The molecule has 3 aromatic rings. The zero-order valence-corrected chi connectivity index (χ0v) is 13.2. The Kier molecular flexibility index (Phi) is 3.76. The first-order valence-electron chi connectivity index (χ1n) is 7.12. The van der Waals surface area contributed by atoms with Crippen LogP contribution in [0.2, 0.25) is 0 Å². The highest BCUT2D eigenvalue weighted by atomic mass is 32.1. The van der Waals surface area contributed by atoms with E-state index in [1.807, 2.05) is 17.4 Å². The van der Waals surface area contributed by atoms with Crippen molar-refractivity contribution >= 4 is 37.8 Å². The van der Waals surface area contributed by atoms with Gasteiger partial charge in [-0.15, -0.1) is 11.3 Å². The van der Waals surface area contributed by atoms with Crippen molar-refractivity contribution in [2.75, 3.05) is 0 Å². The lowest BCUT2D eigenvalue weighted by molar-refractivity contribution is 1.51. The molecule has 1 heterocycles. The summed E-state index contributed by atoms with van der Waals surface area (Å²) in [5, 5.41) is 6.20. The minimum atomic E-state index is 1.23. The maximum Gasteiger partial charge on any atom is 0.0430 e. The van der Waals surface area contributed by atoms with Gasteiger partial charge in [-0.25, -0.2) is 0 Å². The first kappa shape index (κ1) is 13.8. The molecule has 0 nitrogen and oxygen atoms in total. The predicted molar refractivity (Wildman–Crippen MR) is 97.1 cm³/mol. The third kappa shape index (κ3) is 2.24. The minimum absolute atomic E-state index is 1.23. The molecule has 2 aromatic carbocycles. The number of hydrogen-bond donors (Lipinski definition) is 0. The summed E-state index contributed by atoms with van der Waals surface area (Å²) in [6.07, 6.45) is 8.21. The van der Waals surface area contributed by atoms with E-state index in [1.165, 1.54) is 37.6 Å². The maximum absolute atomic E-state index is 3.86. The summed E-state index contributed by atoms with van der Waals surface area (Å²) in [6.45, 7) is 8.14. The lowest BCUT2D eigenvalue weighted by Gasteiger charge is -2.13. The molecule has 0 aliphatic heterocycles. The summed E-state index contributed by atoms with van der Waals surface area (Å²) >= 11 is 1.81. The fourth-order valence-corrected chi connectivity index (χ4v) is 3.98. The van der Waals surface area contributed by atoms with Crippen molar-refractivity contribution in [3.05, 3.63) is 77.7 Å². The van der Waals surface area contributed by atoms with Crippen LogP contribution in [0.3, 0.4) is 0 Å². The van der Waals surface area contributed by atoms with E-state index in [4.69, 9.17) is 0 Å². The second kappa shape index (κ2) is 5.71. The summed E-state index contributed by atoms with van der Waals surface area (Å²) < 4.78 is 1.36. The first-order chi connectivity index (χ1) is 10.3. The molecule has 0 aliphatic rings. The Morgan fingerprint density at radius 2 is 1.86 bits per heavy atom. The quantitative estimate of drug-likeness (QED) is 0.482. The number of hydrogen-bond acceptors (Lipinski definition) is 1. The zero-order valence-electron chi connectivity index (χ0n) is 12.4. The molecule has 0 saturated carbocycles. The summed E-state index contributed by atoms with van der Waals surface area (Å²) in [4.78, 5) is 0. The van der Waals surface area contributed by atoms with Gasteiger partial charge in [0, 0.05) is 15.6 Å². The Bertz CT molecular complexity index is 875. The van der Waals surface area contributed by atoms with Crippen LogP contribution in [0, 0.1) is 6.92 Å². The van der Waals surface area contributed by atoms with Crippen LogP contribution in [-0.4, -0.2) is 0 Å². The van der Waals surface area contributed by atoms with Crippen LogP contribution >= 0.6 is 11.3 Å². The van der Waals surface area contributed by atoms with Crippen LogP contribution in [0.25, 0.3) is 26.4 Å². The Hall–Kier alpha value is -2.12. The fourth-order valence-electron chi connectivity index (χ4n) is 2.94. The van der Waals surface area contributed by atoms with Crippen molar-refractivity contribution < 1.29 is 0 Å². The highest BCUT2D eigenvalue weighted by Crippen LogP contribution is 2.39. The molecule has 0 radical (unpaired) electrons. The fraction of sp³-hybridized carbons (Fsp3) is 0.100. The second-order valence-corrected chi connectivity index (χ2v) is 5.98. The van der Waals surface area contributed by atoms with Gasteiger partial charge in [-0.3, -0.25) is 0 Å². The Morgan fingerprint density at radius 1 is 1.10 bits per heavy atom. The average molecular weight is 290 g/mol. The van der Waals surface area contributed by atoms with Crippen LogP contribution in [-0.2, 0) is 0 Å². The number of thiophene rings is 1. The summed E-state index contributed by atoms with van der Waals surface area (Å²) in [6, 6.07) is 10.9. The minimum Gasteiger partial charge on any atom is -0.143 e. The molecule has 0 atom stereocenters. The number of fused-ring (bicyclic) bond motifs is 3. The van der Waals surface area contributed by atoms with Gasteiger partial charge in [0.05, 0.1) is 0 Å². The molecule has 104 valence electrons. The average Bonchev–Trinajstić information content (AvgIpc) is 2.97. The summed E-state index contributed by atoms with van der Waals surface area (Å²) in [5.74, 6) is 0. The number of allylic oxidation sites excluding steroid dienone is 5. The third-order valence-electron chi connectivity index (χ3n) is 3.82. The third-order valence-corrected chi connectivity index (χ3v) is 4.75.